The Bertz CT molecular complexity index is 543. The van der Waals surface area contributed by atoms with Crippen LogP contribution in [0.5, 0.6) is 0 Å². The molecule has 25 heavy (non-hydrogen) atoms. The SMILES string of the molecule is Cl.Cl.FC[C@H](c1cc(C(F)(F)F)ccc1C(F)(F)F)N1CCNCC1. The summed E-state index contributed by atoms with van der Waals surface area (Å²) >= 11 is 0. The van der Waals surface area contributed by atoms with E-state index in [2.05, 4.69) is 5.32 Å². The third-order valence-corrected chi connectivity index (χ3v) is 3.78. The zero-order valence-electron chi connectivity index (χ0n) is 12.8. The maximum Gasteiger partial charge on any atom is 0.416 e. The zero-order chi connectivity index (χ0) is 17.3. The highest BCUT2D eigenvalue weighted by Gasteiger charge is 2.39. The fourth-order valence-corrected chi connectivity index (χ4v) is 2.64. The fourth-order valence-electron chi connectivity index (χ4n) is 2.64. The minimum atomic E-state index is -4.85. The molecule has 1 heterocycles. The van der Waals surface area contributed by atoms with E-state index in [4.69, 9.17) is 0 Å². The van der Waals surface area contributed by atoms with E-state index in [0.29, 0.717) is 31.3 Å². The van der Waals surface area contributed by atoms with Gasteiger partial charge in [-0.05, 0) is 23.8 Å². The van der Waals surface area contributed by atoms with E-state index in [1.54, 1.807) is 0 Å². The normalized spacial score (nSPS) is 17.4. The first kappa shape index (κ1) is 24.2. The molecule has 146 valence electrons. The number of hydrogen-bond donors (Lipinski definition) is 1. The molecule has 1 fully saturated rings. The Labute approximate surface area is 152 Å². The highest BCUT2D eigenvalue weighted by Crippen LogP contribution is 2.40. The van der Waals surface area contributed by atoms with Crippen LogP contribution in [0, 0.1) is 0 Å². The number of nitrogens with one attached hydrogen (secondary N) is 1. The van der Waals surface area contributed by atoms with Gasteiger partial charge in [0.05, 0.1) is 17.2 Å². The Kier molecular flexibility index (Phi) is 8.96. The number of piperazine rings is 1. The molecule has 0 bridgehead atoms. The molecule has 0 saturated carbocycles. The summed E-state index contributed by atoms with van der Waals surface area (Å²) in [7, 11) is 0. The Hall–Kier alpha value is -0.770. The van der Waals surface area contributed by atoms with E-state index < -0.39 is 41.8 Å². The summed E-state index contributed by atoms with van der Waals surface area (Å²) < 4.78 is 91.2. The molecule has 11 heteroatoms. The quantitative estimate of drug-likeness (QED) is 0.730. The number of alkyl halides is 7. The molecule has 1 aromatic rings. The molecule has 0 spiro atoms. The Morgan fingerprint density at radius 3 is 1.96 bits per heavy atom. The largest absolute Gasteiger partial charge is 0.416 e. The van der Waals surface area contributed by atoms with Crippen LogP contribution >= 0.6 is 24.8 Å². The number of rotatable bonds is 3. The highest BCUT2D eigenvalue weighted by atomic mass is 35.5. The second-order valence-electron chi connectivity index (χ2n) is 5.25. The van der Waals surface area contributed by atoms with Crippen molar-refractivity contribution < 1.29 is 30.7 Å². The van der Waals surface area contributed by atoms with Crippen LogP contribution in [0.2, 0.25) is 0 Å². The first-order chi connectivity index (χ1) is 10.6. The van der Waals surface area contributed by atoms with Crippen molar-refractivity contribution in [3.8, 4) is 0 Å². The van der Waals surface area contributed by atoms with Gasteiger partial charge in [-0.3, -0.25) is 4.90 Å². The Morgan fingerprint density at radius 2 is 1.52 bits per heavy atom. The predicted molar refractivity (Wildman–Crippen MR) is 84.1 cm³/mol. The molecule has 1 aliphatic heterocycles. The number of halogens is 9. The van der Waals surface area contributed by atoms with Gasteiger partial charge in [0.25, 0.3) is 0 Å². The van der Waals surface area contributed by atoms with Crippen LogP contribution in [0.25, 0.3) is 0 Å². The van der Waals surface area contributed by atoms with Crippen LogP contribution in [0.15, 0.2) is 18.2 Å². The minimum absolute atomic E-state index is 0. The van der Waals surface area contributed by atoms with Crippen molar-refractivity contribution in [2.45, 2.75) is 18.4 Å². The summed E-state index contributed by atoms with van der Waals surface area (Å²) in [6.07, 6.45) is -9.63. The molecule has 2 nitrogen and oxygen atoms in total. The average molecular weight is 417 g/mol. The average Bonchev–Trinajstić information content (AvgIpc) is 2.47. The lowest BCUT2D eigenvalue weighted by Gasteiger charge is -2.35. The molecule has 0 aliphatic carbocycles. The molecule has 0 unspecified atom stereocenters. The van der Waals surface area contributed by atoms with Gasteiger partial charge < -0.3 is 5.32 Å². The van der Waals surface area contributed by atoms with Gasteiger partial charge >= 0.3 is 12.4 Å². The van der Waals surface area contributed by atoms with E-state index in [1.165, 1.54) is 4.90 Å². The second kappa shape index (κ2) is 9.25. The maximum atomic E-state index is 13.4. The molecule has 0 amide bonds. The highest BCUT2D eigenvalue weighted by molar-refractivity contribution is 5.85. The number of hydrogen-bond acceptors (Lipinski definition) is 2. The second-order valence-corrected chi connectivity index (χ2v) is 5.25. The van der Waals surface area contributed by atoms with Gasteiger partial charge in [0.15, 0.2) is 0 Å². The van der Waals surface area contributed by atoms with Crippen molar-refractivity contribution in [2.24, 2.45) is 0 Å². The van der Waals surface area contributed by atoms with Gasteiger partial charge in [-0.1, -0.05) is 0 Å². The molecule has 1 saturated heterocycles. The third-order valence-electron chi connectivity index (χ3n) is 3.78. The van der Waals surface area contributed by atoms with Gasteiger partial charge in [-0.2, -0.15) is 26.3 Å². The fraction of sp³-hybridized carbons (Fsp3) is 0.571. The molecule has 1 N–H and O–H groups in total. The van der Waals surface area contributed by atoms with Crippen LogP contribution in [0.1, 0.15) is 22.7 Å². The van der Waals surface area contributed by atoms with Crippen molar-refractivity contribution >= 4 is 24.8 Å². The van der Waals surface area contributed by atoms with Crippen molar-refractivity contribution in [3.63, 3.8) is 0 Å². The van der Waals surface area contributed by atoms with Crippen LogP contribution in [-0.4, -0.2) is 37.8 Å². The maximum absolute atomic E-state index is 13.4. The van der Waals surface area contributed by atoms with Crippen LogP contribution < -0.4 is 5.32 Å². The zero-order valence-corrected chi connectivity index (χ0v) is 14.4. The lowest BCUT2D eigenvalue weighted by molar-refractivity contribution is -0.142. The van der Waals surface area contributed by atoms with E-state index in [-0.39, 0.29) is 37.9 Å². The number of nitrogens with zero attached hydrogens (tertiary/aromatic N) is 1. The van der Waals surface area contributed by atoms with Crippen molar-refractivity contribution in [2.75, 3.05) is 32.9 Å². The van der Waals surface area contributed by atoms with Crippen molar-refractivity contribution in [1.29, 1.82) is 0 Å². The van der Waals surface area contributed by atoms with Gasteiger partial charge in [0, 0.05) is 26.2 Å². The molecule has 0 radical (unpaired) electrons. The van der Waals surface area contributed by atoms with Crippen LogP contribution in [0.3, 0.4) is 0 Å². The first-order valence-electron chi connectivity index (χ1n) is 6.93. The molecule has 1 atom stereocenters. The molecule has 1 aliphatic rings. The Morgan fingerprint density at radius 1 is 0.960 bits per heavy atom. The summed E-state index contributed by atoms with van der Waals surface area (Å²) in [5.74, 6) is 0. The van der Waals surface area contributed by atoms with Crippen molar-refractivity contribution in [1.82, 2.24) is 10.2 Å². The summed E-state index contributed by atoms with van der Waals surface area (Å²) in [4.78, 5) is 1.43. The van der Waals surface area contributed by atoms with E-state index in [1.807, 2.05) is 0 Å². The monoisotopic (exact) mass is 416 g/mol. The smallest absolute Gasteiger partial charge is 0.314 e. The summed E-state index contributed by atoms with van der Waals surface area (Å²) in [5.41, 5.74) is -3.11. The topological polar surface area (TPSA) is 15.3 Å². The molecule has 0 aromatic heterocycles. The lowest BCUT2D eigenvalue weighted by Crippen LogP contribution is -2.46. The van der Waals surface area contributed by atoms with Gasteiger partial charge in [0.1, 0.15) is 6.67 Å². The predicted octanol–water partition coefficient (Wildman–Crippen LogP) is 4.48. The molecule has 1 aromatic carbocycles. The standard InChI is InChI=1S/C14H15F7N2.2ClH/c15-8-12(23-5-3-22-4-6-23)10-7-9(13(16,17)18)1-2-11(10)14(19,20)21;;/h1-2,7,12,22H,3-6,8H2;2*1H/t12-;;/m1../s1. The van der Waals surface area contributed by atoms with E-state index >= 15 is 0 Å². The van der Waals surface area contributed by atoms with Crippen molar-refractivity contribution in [3.05, 3.63) is 34.9 Å². The summed E-state index contributed by atoms with van der Waals surface area (Å²) in [5, 5.41) is 2.96. The van der Waals surface area contributed by atoms with E-state index in [9.17, 15) is 30.7 Å². The molecular weight excluding hydrogens is 400 g/mol. The van der Waals surface area contributed by atoms with E-state index in [0.717, 1.165) is 0 Å². The minimum Gasteiger partial charge on any atom is -0.314 e. The summed E-state index contributed by atoms with van der Waals surface area (Å²) in [6, 6.07) is -0.187. The lowest BCUT2D eigenvalue weighted by atomic mass is 9.96. The summed E-state index contributed by atoms with van der Waals surface area (Å²) in [6.45, 7) is 0.224. The van der Waals surface area contributed by atoms with Crippen LogP contribution in [-0.2, 0) is 12.4 Å². The first-order valence-corrected chi connectivity index (χ1v) is 6.93. The third kappa shape index (κ3) is 5.87. The van der Waals surface area contributed by atoms with Gasteiger partial charge in [-0.25, -0.2) is 4.39 Å². The van der Waals surface area contributed by atoms with Gasteiger partial charge in [0.2, 0.25) is 0 Å². The Balaban J connectivity index is 0.00000288. The molecule has 2 rings (SSSR count). The molecular formula is C14H17Cl2F7N2. The number of benzene rings is 1. The van der Waals surface area contributed by atoms with Gasteiger partial charge in [-0.15, -0.1) is 24.8 Å². The van der Waals surface area contributed by atoms with Crippen LogP contribution in [0.4, 0.5) is 30.7 Å².